The SMILES string of the molecule is COC1=CC(C=O)(OC)C(N)C=C1. The molecule has 0 aromatic heterocycles. The smallest absolute Gasteiger partial charge is 0.163 e. The minimum absolute atomic E-state index is 0.464. The van der Waals surface area contributed by atoms with Gasteiger partial charge in [-0.2, -0.15) is 0 Å². The lowest BCUT2D eigenvalue weighted by atomic mass is 9.91. The van der Waals surface area contributed by atoms with Gasteiger partial charge in [-0.3, -0.25) is 4.79 Å². The Bertz CT molecular complexity index is 260. The van der Waals surface area contributed by atoms with E-state index < -0.39 is 11.6 Å². The Hall–Kier alpha value is -1.13. The average Bonchev–Trinajstić information content (AvgIpc) is 2.19. The van der Waals surface area contributed by atoms with Crippen molar-refractivity contribution in [3.8, 4) is 0 Å². The summed E-state index contributed by atoms with van der Waals surface area (Å²) in [6.45, 7) is 0. The fraction of sp³-hybridized carbons (Fsp3) is 0.444. The van der Waals surface area contributed by atoms with Crippen molar-refractivity contribution in [1.82, 2.24) is 0 Å². The predicted molar refractivity (Wildman–Crippen MR) is 48.0 cm³/mol. The van der Waals surface area contributed by atoms with Crippen LogP contribution in [0.2, 0.25) is 0 Å². The lowest BCUT2D eigenvalue weighted by molar-refractivity contribution is -0.123. The molecular formula is C9H13NO3. The first-order valence-electron chi connectivity index (χ1n) is 3.90. The molecule has 13 heavy (non-hydrogen) atoms. The molecule has 0 heterocycles. The molecule has 0 aromatic carbocycles. The molecule has 2 N–H and O–H groups in total. The Labute approximate surface area is 77.0 Å². The highest BCUT2D eigenvalue weighted by Crippen LogP contribution is 2.22. The third-order valence-electron chi connectivity index (χ3n) is 2.13. The van der Waals surface area contributed by atoms with Crippen molar-refractivity contribution in [1.29, 1.82) is 0 Å². The second-order valence-corrected chi connectivity index (χ2v) is 2.81. The summed E-state index contributed by atoms with van der Waals surface area (Å²) in [6, 6.07) is -0.464. The van der Waals surface area contributed by atoms with Crippen LogP contribution in [-0.2, 0) is 14.3 Å². The second kappa shape index (κ2) is 3.72. The Morgan fingerprint density at radius 3 is 2.77 bits per heavy atom. The largest absolute Gasteiger partial charge is 0.497 e. The zero-order valence-corrected chi connectivity index (χ0v) is 7.69. The van der Waals surface area contributed by atoms with E-state index in [1.54, 1.807) is 18.2 Å². The van der Waals surface area contributed by atoms with Crippen molar-refractivity contribution in [3.63, 3.8) is 0 Å². The highest BCUT2D eigenvalue weighted by molar-refractivity contribution is 5.70. The van der Waals surface area contributed by atoms with Gasteiger partial charge in [0.2, 0.25) is 0 Å². The number of carbonyl (C=O) groups is 1. The predicted octanol–water partition coefficient (Wildman–Crippen LogP) is -0.00210. The van der Waals surface area contributed by atoms with Gasteiger partial charge in [0.25, 0.3) is 0 Å². The van der Waals surface area contributed by atoms with E-state index in [0.29, 0.717) is 12.0 Å². The monoisotopic (exact) mass is 183 g/mol. The summed E-state index contributed by atoms with van der Waals surface area (Å²) >= 11 is 0. The van der Waals surface area contributed by atoms with E-state index >= 15 is 0 Å². The molecule has 0 saturated carbocycles. The van der Waals surface area contributed by atoms with Crippen LogP contribution in [0.5, 0.6) is 0 Å². The van der Waals surface area contributed by atoms with Gasteiger partial charge < -0.3 is 15.2 Å². The van der Waals surface area contributed by atoms with Crippen LogP contribution < -0.4 is 5.73 Å². The van der Waals surface area contributed by atoms with E-state index in [9.17, 15) is 4.79 Å². The van der Waals surface area contributed by atoms with Crippen molar-refractivity contribution >= 4 is 6.29 Å². The highest BCUT2D eigenvalue weighted by Gasteiger charge is 2.36. The van der Waals surface area contributed by atoms with Crippen molar-refractivity contribution in [2.45, 2.75) is 11.6 Å². The van der Waals surface area contributed by atoms with Gasteiger partial charge in [-0.1, -0.05) is 6.08 Å². The van der Waals surface area contributed by atoms with E-state index in [4.69, 9.17) is 15.2 Å². The first kappa shape index (κ1) is 9.95. The van der Waals surface area contributed by atoms with Gasteiger partial charge in [-0.15, -0.1) is 0 Å². The van der Waals surface area contributed by atoms with E-state index in [0.717, 1.165) is 0 Å². The van der Waals surface area contributed by atoms with Crippen LogP contribution in [-0.4, -0.2) is 32.1 Å². The molecule has 4 heteroatoms. The summed E-state index contributed by atoms with van der Waals surface area (Å²) in [4.78, 5) is 10.8. The van der Waals surface area contributed by atoms with Gasteiger partial charge in [0.05, 0.1) is 13.2 Å². The number of methoxy groups -OCH3 is 2. The second-order valence-electron chi connectivity index (χ2n) is 2.81. The number of aldehydes is 1. The summed E-state index contributed by atoms with van der Waals surface area (Å²) in [6.07, 6.45) is 5.65. The number of nitrogens with two attached hydrogens (primary N) is 1. The molecule has 0 radical (unpaired) electrons. The quantitative estimate of drug-likeness (QED) is 0.625. The van der Waals surface area contributed by atoms with Gasteiger partial charge in [0, 0.05) is 7.11 Å². The van der Waals surface area contributed by atoms with Crippen molar-refractivity contribution in [3.05, 3.63) is 24.0 Å². The standard InChI is InChI=1S/C9H13NO3/c1-12-7-3-4-8(10)9(5-7,6-11)13-2/h3-6,8H,10H2,1-2H3. The Morgan fingerprint density at radius 2 is 2.31 bits per heavy atom. The molecule has 0 aromatic rings. The normalized spacial score (nSPS) is 32.5. The molecule has 0 amide bonds. The first-order chi connectivity index (χ1) is 6.18. The number of allylic oxidation sites excluding steroid dienone is 1. The molecule has 0 saturated heterocycles. The summed E-state index contributed by atoms with van der Waals surface area (Å²) in [5, 5.41) is 0. The van der Waals surface area contributed by atoms with Crippen LogP contribution in [0.25, 0.3) is 0 Å². The maximum atomic E-state index is 10.8. The Kier molecular flexibility index (Phi) is 2.85. The first-order valence-corrected chi connectivity index (χ1v) is 3.90. The summed E-state index contributed by atoms with van der Waals surface area (Å²) in [7, 11) is 2.97. The minimum Gasteiger partial charge on any atom is -0.497 e. The van der Waals surface area contributed by atoms with E-state index in [1.165, 1.54) is 14.2 Å². The number of hydrogen-bond donors (Lipinski definition) is 1. The number of hydrogen-bond acceptors (Lipinski definition) is 4. The molecule has 1 aliphatic rings. The van der Waals surface area contributed by atoms with E-state index in [2.05, 4.69) is 0 Å². The molecule has 1 rings (SSSR count). The zero-order chi connectivity index (χ0) is 9.90. The summed E-state index contributed by atoms with van der Waals surface area (Å²) in [5.74, 6) is 0.579. The van der Waals surface area contributed by atoms with Crippen LogP contribution in [0.1, 0.15) is 0 Å². The maximum absolute atomic E-state index is 10.8. The summed E-state index contributed by atoms with van der Waals surface area (Å²) < 4.78 is 10.0. The molecule has 0 aliphatic heterocycles. The molecule has 0 spiro atoms. The van der Waals surface area contributed by atoms with E-state index in [-0.39, 0.29) is 0 Å². The molecular weight excluding hydrogens is 170 g/mol. The molecule has 0 bridgehead atoms. The summed E-state index contributed by atoms with van der Waals surface area (Å²) in [5.41, 5.74) is 4.63. The molecule has 0 fully saturated rings. The van der Waals surface area contributed by atoms with Gasteiger partial charge >= 0.3 is 0 Å². The topological polar surface area (TPSA) is 61.5 Å². The zero-order valence-electron chi connectivity index (χ0n) is 7.69. The fourth-order valence-electron chi connectivity index (χ4n) is 1.20. The van der Waals surface area contributed by atoms with Crippen molar-refractivity contribution in [2.75, 3.05) is 14.2 Å². The van der Waals surface area contributed by atoms with Crippen LogP contribution in [0.4, 0.5) is 0 Å². The third-order valence-corrected chi connectivity index (χ3v) is 2.13. The Balaban J connectivity index is 3.01. The van der Waals surface area contributed by atoms with Gasteiger partial charge in [-0.05, 0) is 12.2 Å². The fourth-order valence-corrected chi connectivity index (χ4v) is 1.20. The molecule has 2 unspecified atom stereocenters. The molecule has 4 nitrogen and oxygen atoms in total. The maximum Gasteiger partial charge on any atom is 0.163 e. The van der Waals surface area contributed by atoms with Gasteiger partial charge in [0.1, 0.15) is 5.76 Å². The van der Waals surface area contributed by atoms with Crippen molar-refractivity contribution < 1.29 is 14.3 Å². The van der Waals surface area contributed by atoms with Gasteiger partial charge in [-0.25, -0.2) is 0 Å². The van der Waals surface area contributed by atoms with Crippen LogP contribution in [0.3, 0.4) is 0 Å². The lowest BCUT2D eigenvalue weighted by Gasteiger charge is -2.30. The molecule has 1 aliphatic carbocycles. The average molecular weight is 183 g/mol. The molecule has 72 valence electrons. The number of ether oxygens (including phenoxy) is 2. The van der Waals surface area contributed by atoms with E-state index in [1.807, 2.05) is 0 Å². The molecule has 2 atom stereocenters. The highest BCUT2D eigenvalue weighted by atomic mass is 16.5. The van der Waals surface area contributed by atoms with Crippen LogP contribution in [0, 0.1) is 0 Å². The Morgan fingerprint density at radius 1 is 1.62 bits per heavy atom. The minimum atomic E-state index is -1.08. The van der Waals surface area contributed by atoms with Crippen LogP contribution >= 0.6 is 0 Å². The third kappa shape index (κ3) is 1.64. The van der Waals surface area contributed by atoms with Crippen LogP contribution in [0.15, 0.2) is 24.0 Å². The number of carbonyl (C=O) groups excluding carboxylic acids is 1. The number of rotatable bonds is 3. The van der Waals surface area contributed by atoms with Crippen molar-refractivity contribution in [2.24, 2.45) is 5.73 Å². The lowest BCUT2D eigenvalue weighted by Crippen LogP contribution is -2.49. The van der Waals surface area contributed by atoms with Gasteiger partial charge in [0.15, 0.2) is 11.9 Å².